The molecule has 1 N–H and O–H groups in total. The summed E-state index contributed by atoms with van der Waals surface area (Å²) >= 11 is 0. The van der Waals surface area contributed by atoms with Crippen LogP contribution in [0.15, 0.2) is 17.2 Å². The zero-order valence-corrected chi connectivity index (χ0v) is 11.4. The molecule has 3 rings (SSSR count). The van der Waals surface area contributed by atoms with Gasteiger partial charge in [0.05, 0.1) is 0 Å². The standard InChI is InChI=1S/C12H16N2O4S/c1-13-7-10(5-11(13)12(15)16)19(17,18)14-6-8-2-3-9(14)4-8/h5,7-9H,2-4,6H2,1H3,(H,15,16). The number of aromatic carboxylic acids is 1. The molecule has 2 heterocycles. The molecule has 7 heteroatoms. The number of hydrogen-bond donors (Lipinski definition) is 1. The number of piperidine rings is 1. The molecule has 2 aliphatic rings. The minimum absolute atomic E-state index is 0.0112. The Hall–Kier alpha value is -1.34. The number of carboxylic acids is 1. The van der Waals surface area contributed by atoms with Crippen LogP contribution in [0.5, 0.6) is 0 Å². The van der Waals surface area contributed by atoms with E-state index in [1.54, 1.807) is 11.4 Å². The first kappa shape index (κ1) is 12.7. The molecule has 2 bridgehead atoms. The highest BCUT2D eigenvalue weighted by atomic mass is 32.2. The topological polar surface area (TPSA) is 79.6 Å². The van der Waals surface area contributed by atoms with Crippen molar-refractivity contribution in [2.75, 3.05) is 6.54 Å². The van der Waals surface area contributed by atoms with Crippen LogP contribution in [-0.4, -0.2) is 41.0 Å². The molecule has 2 atom stereocenters. The van der Waals surface area contributed by atoms with Crippen molar-refractivity contribution in [2.24, 2.45) is 13.0 Å². The Morgan fingerprint density at radius 3 is 2.63 bits per heavy atom. The first-order valence-corrected chi connectivity index (χ1v) is 7.75. The Labute approximate surface area is 111 Å². The van der Waals surface area contributed by atoms with E-state index in [0.717, 1.165) is 19.3 Å². The zero-order chi connectivity index (χ0) is 13.8. The van der Waals surface area contributed by atoms with Crippen LogP contribution in [0.4, 0.5) is 0 Å². The van der Waals surface area contributed by atoms with Gasteiger partial charge in [-0.25, -0.2) is 13.2 Å². The molecule has 1 aliphatic heterocycles. The summed E-state index contributed by atoms with van der Waals surface area (Å²) in [6.07, 6.45) is 4.34. The lowest BCUT2D eigenvalue weighted by molar-refractivity contribution is 0.0686. The van der Waals surface area contributed by atoms with E-state index in [2.05, 4.69) is 0 Å². The van der Waals surface area contributed by atoms with Crippen molar-refractivity contribution in [1.29, 1.82) is 0 Å². The van der Waals surface area contributed by atoms with Gasteiger partial charge in [0.2, 0.25) is 10.0 Å². The van der Waals surface area contributed by atoms with E-state index in [4.69, 9.17) is 5.11 Å². The molecule has 0 amide bonds. The Morgan fingerprint density at radius 2 is 2.16 bits per heavy atom. The quantitative estimate of drug-likeness (QED) is 0.894. The van der Waals surface area contributed by atoms with Crippen molar-refractivity contribution in [3.63, 3.8) is 0 Å². The fourth-order valence-corrected chi connectivity index (χ4v) is 5.01. The molecular weight excluding hydrogens is 268 g/mol. The largest absolute Gasteiger partial charge is 0.477 e. The fraction of sp³-hybridized carbons (Fsp3) is 0.583. The fourth-order valence-electron chi connectivity index (χ4n) is 3.20. The molecule has 1 aliphatic carbocycles. The average Bonchev–Trinajstić information content (AvgIpc) is 3.01. The molecule has 0 aromatic carbocycles. The number of rotatable bonds is 3. The predicted molar refractivity (Wildman–Crippen MR) is 67.4 cm³/mol. The van der Waals surface area contributed by atoms with Crippen LogP contribution < -0.4 is 0 Å². The molecule has 2 fully saturated rings. The van der Waals surface area contributed by atoms with E-state index in [0.29, 0.717) is 12.5 Å². The highest BCUT2D eigenvalue weighted by Crippen LogP contribution is 2.40. The third-order valence-electron chi connectivity index (χ3n) is 4.16. The summed E-state index contributed by atoms with van der Waals surface area (Å²) < 4.78 is 27.9. The lowest BCUT2D eigenvalue weighted by Crippen LogP contribution is -2.37. The van der Waals surface area contributed by atoms with Crippen LogP contribution in [0.25, 0.3) is 0 Å². The number of aryl methyl sites for hydroxylation is 1. The van der Waals surface area contributed by atoms with Crippen LogP contribution in [0.3, 0.4) is 0 Å². The molecule has 6 nitrogen and oxygen atoms in total. The maximum atomic E-state index is 12.5. The van der Waals surface area contributed by atoms with Crippen molar-refractivity contribution < 1.29 is 18.3 Å². The molecule has 19 heavy (non-hydrogen) atoms. The van der Waals surface area contributed by atoms with Gasteiger partial charge >= 0.3 is 5.97 Å². The molecule has 2 unspecified atom stereocenters. The Balaban J connectivity index is 1.97. The van der Waals surface area contributed by atoms with Gasteiger partial charge in [0, 0.05) is 25.8 Å². The van der Waals surface area contributed by atoms with Gasteiger partial charge in [-0.05, 0) is 31.2 Å². The van der Waals surface area contributed by atoms with Gasteiger partial charge in [-0.1, -0.05) is 0 Å². The molecule has 1 aromatic heterocycles. The number of fused-ring (bicyclic) bond motifs is 2. The molecule has 1 aromatic rings. The first-order valence-electron chi connectivity index (χ1n) is 6.31. The normalized spacial score (nSPS) is 27.0. The van der Waals surface area contributed by atoms with E-state index < -0.39 is 16.0 Å². The minimum Gasteiger partial charge on any atom is -0.477 e. The summed E-state index contributed by atoms with van der Waals surface area (Å²) in [5.74, 6) is -0.644. The molecule has 1 saturated heterocycles. The monoisotopic (exact) mass is 284 g/mol. The van der Waals surface area contributed by atoms with Crippen LogP contribution in [-0.2, 0) is 17.1 Å². The average molecular weight is 284 g/mol. The second-order valence-electron chi connectivity index (χ2n) is 5.38. The highest BCUT2D eigenvalue weighted by molar-refractivity contribution is 7.89. The summed E-state index contributed by atoms with van der Waals surface area (Å²) in [4.78, 5) is 11.1. The maximum Gasteiger partial charge on any atom is 0.352 e. The molecule has 104 valence electrons. The van der Waals surface area contributed by atoms with E-state index in [9.17, 15) is 13.2 Å². The molecule has 0 spiro atoms. The lowest BCUT2D eigenvalue weighted by atomic mass is 10.1. The van der Waals surface area contributed by atoms with Crippen LogP contribution in [0, 0.1) is 5.92 Å². The number of nitrogens with zero attached hydrogens (tertiary/aromatic N) is 2. The van der Waals surface area contributed by atoms with E-state index >= 15 is 0 Å². The number of sulfonamides is 1. The Morgan fingerprint density at radius 1 is 1.42 bits per heavy atom. The van der Waals surface area contributed by atoms with Gasteiger partial charge < -0.3 is 9.67 Å². The Bertz CT molecular complexity index is 634. The zero-order valence-electron chi connectivity index (χ0n) is 10.6. The summed E-state index contributed by atoms with van der Waals surface area (Å²) in [5.41, 5.74) is -0.0112. The molecule has 0 radical (unpaired) electrons. The van der Waals surface area contributed by atoms with Crippen molar-refractivity contribution in [2.45, 2.75) is 30.2 Å². The number of carbonyl (C=O) groups is 1. The highest BCUT2D eigenvalue weighted by Gasteiger charge is 2.44. The number of hydrogen-bond acceptors (Lipinski definition) is 3. The van der Waals surface area contributed by atoms with Crippen molar-refractivity contribution in [1.82, 2.24) is 8.87 Å². The molecule has 1 saturated carbocycles. The van der Waals surface area contributed by atoms with Gasteiger partial charge in [0.15, 0.2) is 0 Å². The van der Waals surface area contributed by atoms with Crippen molar-refractivity contribution in [3.05, 3.63) is 18.0 Å². The third kappa shape index (κ3) is 1.88. The minimum atomic E-state index is -3.56. The van der Waals surface area contributed by atoms with Crippen LogP contribution in [0.1, 0.15) is 29.8 Å². The van der Waals surface area contributed by atoms with Crippen LogP contribution >= 0.6 is 0 Å². The Kier molecular flexibility index (Phi) is 2.72. The smallest absolute Gasteiger partial charge is 0.352 e. The number of aromatic nitrogens is 1. The van der Waals surface area contributed by atoms with Crippen molar-refractivity contribution in [3.8, 4) is 0 Å². The van der Waals surface area contributed by atoms with Gasteiger partial charge in [-0.3, -0.25) is 0 Å². The number of carboxylic acid groups (broad SMARTS) is 1. The predicted octanol–water partition coefficient (Wildman–Crippen LogP) is 0.896. The third-order valence-corrected chi connectivity index (χ3v) is 6.05. The van der Waals surface area contributed by atoms with Gasteiger partial charge in [-0.15, -0.1) is 0 Å². The van der Waals surface area contributed by atoms with Crippen molar-refractivity contribution >= 4 is 16.0 Å². The van der Waals surface area contributed by atoms with Gasteiger partial charge in [-0.2, -0.15) is 4.31 Å². The van der Waals surface area contributed by atoms with E-state index in [-0.39, 0.29) is 16.6 Å². The summed E-state index contributed by atoms with van der Waals surface area (Å²) in [6.45, 7) is 0.574. The van der Waals surface area contributed by atoms with E-state index in [1.807, 2.05) is 0 Å². The SMILES string of the molecule is Cn1cc(S(=O)(=O)N2CC3CCC2C3)cc1C(=O)O. The van der Waals surface area contributed by atoms with E-state index in [1.165, 1.54) is 16.8 Å². The summed E-state index contributed by atoms with van der Waals surface area (Å²) in [7, 11) is -2.02. The lowest BCUT2D eigenvalue weighted by Gasteiger charge is -2.25. The summed E-state index contributed by atoms with van der Waals surface area (Å²) in [6, 6.07) is 1.34. The van der Waals surface area contributed by atoms with Gasteiger partial charge in [0.25, 0.3) is 0 Å². The summed E-state index contributed by atoms with van der Waals surface area (Å²) in [5, 5.41) is 8.99. The second kappa shape index (κ2) is 4.08. The van der Waals surface area contributed by atoms with Crippen LogP contribution in [0.2, 0.25) is 0 Å². The second-order valence-corrected chi connectivity index (χ2v) is 7.28. The molecular formula is C12H16N2O4S. The maximum absolute atomic E-state index is 12.5. The van der Waals surface area contributed by atoms with Gasteiger partial charge in [0.1, 0.15) is 10.6 Å². The first-order chi connectivity index (χ1) is 8.89.